The summed E-state index contributed by atoms with van der Waals surface area (Å²) in [5.41, 5.74) is 1.68. The maximum Gasteiger partial charge on any atom is 0.310 e. The molecular weight excluding hydrogens is 530 g/mol. The maximum atomic E-state index is 14.1. The van der Waals surface area contributed by atoms with Gasteiger partial charge in [-0.1, -0.05) is 96.5 Å². The summed E-state index contributed by atoms with van der Waals surface area (Å²) >= 11 is 6.23. The van der Waals surface area contributed by atoms with Crippen molar-refractivity contribution in [2.24, 2.45) is 11.8 Å². The average molecular weight is 554 g/mol. The number of amides is 1. The van der Waals surface area contributed by atoms with Gasteiger partial charge in [-0.15, -0.1) is 5.10 Å². The second-order valence-electron chi connectivity index (χ2n) is 10.4. The summed E-state index contributed by atoms with van der Waals surface area (Å²) in [6.07, 6.45) is 2.99. The van der Waals surface area contributed by atoms with Gasteiger partial charge >= 0.3 is 5.97 Å². The van der Waals surface area contributed by atoms with E-state index in [1.54, 1.807) is 27.8 Å². The van der Waals surface area contributed by atoms with Crippen LogP contribution >= 0.6 is 11.6 Å². The summed E-state index contributed by atoms with van der Waals surface area (Å²) < 4.78 is 7.91. The molecule has 0 aliphatic carbocycles. The van der Waals surface area contributed by atoms with Crippen LogP contribution in [-0.2, 0) is 14.3 Å². The highest BCUT2D eigenvalue weighted by Crippen LogP contribution is 2.54. The minimum absolute atomic E-state index is 0.175. The third-order valence-electron chi connectivity index (χ3n) is 8.15. The zero-order chi connectivity index (χ0) is 27.4. The van der Waals surface area contributed by atoms with E-state index in [0.717, 1.165) is 16.7 Å². The summed E-state index contributed by atoms with van der Waals surface area (Å²) in [5.74, 6) is -2.69. The molecule has 0 radical (unpaired) electrons. The number of ether oxygens (including phenoxy) is 1. The number of fused-ring (bicyclic) bond motifs is 1. The third kappa shape index (κ3) is 3.76. The number of hydrogen-bond donors (Lipinski definition) is 1. The molecule has 4 aromatic rings. The van der Waals surface area contributed by atoms with E-state index in [0.29, 0.717) is 10.8 Å². The van der Waals surface area contributed by atoms with Crippen LogP contribution in [0.4, 0.5) is 0 Å². The van der Waals surface area contributed by atoms with Crippen LogP contribution in [0.25, 0.3) is 0 Å². The Morgan fingerprint density at radius 3 is 2.20 bits per heavy atom. The van der Waals surface area contributed by atoms with E-state index in [1.807, 2.05) is 78.9 Å². The van der Waals surface area contributed by atoms with Crippen LogP contribution in [0.2, 0.25) is 5.02 Å². The Morgan fingerprint density at radius 2 is 1.57 bits per heavy atom. The molecule has 3 aromatic carbocycles. The van der Waals surface area contributed by atoms with E-state index in [9.17, 15) is 14.7 Å². The van der Waals surface area contributed by atoms with Crippen molar-refractivity contribution in [2.45, 2.75) is 23.8 Å². The smallest absolute Gasteiger partial charge is 0.310 e. The first-order valence-corrected chi connectivity index (χ1v) is 13.4. The SMILES string of the molecule is O=C(O)[C@H]1[C@H]2C(=O)N([C@H](c3ccc(Cl)cc3)c3nnnn3C(c3ccccc3)c3ccccc3)C[C@@]23C=C[C@H]1O3. The molecule has 3 aliphatic heterocycles. The summed E-state index contributed by atoms with van der Waals surface area (Å²) in [6.45, 7) is 0.175. The van der Waals surface area contributed by atoms with Gasteiger partial charge in [-0.3, -0.25) is 9.59 Å². The number of rotatable bonds is 7. The first-order chi connectivity index (χ1) is 19.5. The van der Waals surface area contributed by atoms with Crippen molar-refractivity contribution in [2.75, 3.05) is 6.54 Å². The van der Waals surface area contributed by atoms with Crippen molar-refractivity contribution < 1.29 is 19.4 Å². The van der Waals surface area contributed by atoms with Crippen LogP contribution in [0.1, 0.15) is 34.6 Å². The number of likely N-dealkylation sites (tertiary alicyclic amines) is 1. The van der Waals surface area contributed by atoms with Crippen LogP contribution in [0, 0.1) is 11.8 Å². The number of tetrazole rings is 1. The molecular formula is C30H24ClN5O4. The Balaban J connectivity index is 1.38. The Kier molecular flexibility index (Phi) is 5.80. The molecule has 7 rings (SSSR count). The van der Waals surface area contributed by atoms with Crippen LogP contribution in [0.15, 0.2) is 97.1 Å². The van der Waals surface area contributed by atoms with Crippen LogP contribution in [-0.4, -0.2) is 60.3 Å². The van der Waals surface area contributed by atoms with Gasteiger partial charge in [-0.25, -0.2) is 4.68 Å². The fourth-order valence-corrected chi connectivity index (χ4v) is 6.58. The van der Waals surface area contributed by atoms with Gasteiger partial charge in [0, 0.05) is 5.02 Å². The molecule has 2 fully saturated rings. The molecule has 200 valence electrons. The second kappa shape index (κ2) is 9.39. The highest BCUT2D eigenvalue weighted by Gasteiger charge is 2.68. The summed E-state index contributed by atoms with van der Waals surface area (Å²) in [4.78, 5) is 28.0. The monoisotopic (exact) mass is 553 g/mol. The Labute approximate surface area is 234 Å². The highest BCUT2D eigenvalue weighted by atomic mass is 35.5. The molecule has 1 amide bonds. The molecule has 1 N–H and O–H groups in total. The van der Waals surface area contributed by atoms with E-state index in [4.69, 9.17) is 16.3 Å². The molecule has 5 atom stereocenters. The number of hydrogen-bond acceptors (Lipinski definition) is 6. The first kappa shape index (κ1) is 24.7. The molecule has 1 spiro atoms. The molecule has 0 unspecified atom stereocenters. The van der Waals surface area contributed by atoms with Crippen molar-refractivity contribution in [3.05, 3.63) is 125 Å². The maximum absolute atomic E-state index is 14.1. The number of aromatic nitrogens is 4. The lowest BCUT2D eigenvalue weighted by Crippen LogP contribution is -2.40. The van der Waals surface area contributed by atoms with Gasteiger partial charge in [0.1, 0.15) is 23.6 Å². The van der Waals surface area contributed by atoms with E-state index in [2.05, 4.69) is 15.5 Å². The van der Waals surface area contributed by atoms with Crippen molar-refractivity contribution >= 4 is 23.5 Å². The highest BCUT2D eigenvalue weighted by molar-refractivity contribution is 6.30. The van der Waals surface area contributed by atoms with E-state index in [1.165, 1.54) is 0 Å². The largest absolute Gasteiger partial charge is 0.481 e. The zero-order valence-corrected chi connectivity index (χ0v) is 21.9. The predicted octanol–water partition coefficient (Wildman–Crippen LogP) is 3.92. The Hall–Kier alpha value is -4.34. The fraction of sp³-hybridized carbons (Fsp3) is 0.233. The molecule has 3 aliphatic rings. The molecule has 40 heavy (non-hydrogen) atoms. The number of nitrogens with zero attached hydrogens (tertiary/aromatic N) is 5. The number of aliphatic carboxylic acids is 1. The molecule has 0 saturated carbocycles. The predicted molar refractivity (Wildman–Crippen MR) is 144 cm³/mol. The lowest BCUT2D eigenvalue weighted by molar-refractivity contribution is -0.148. The normalized spacial score (nSPS) is 25.5. The number of carbonyl (C=O) groups is 2. The second-order valence-corrected chi connectivity index (χ2v) is 10.8. The molecule has 2 saturated heterocycles. The van der Waals surface area contributed by atoms with Gasteiger partial charge in [0.2, 0.25) is 5.91 Å². The number of carboxylic acid groups (broad SMARTS) is 1. The zero-order valence-electron chi connectivity index (χ0n) is 21.1. The lowest BCUT2D eigenvalue weighted by atomic mass is 9.77. The van der Waals surface area contributed by atoms with Crippen molar-refractivity contribution in [1.82, 2.24) is 25.1 Å². The van der Waals surface area contributed by atoms with Gasteiger partial charge in [-0.05, 0) is 39.2 Å². The van der Waals surface area contributed by atoms with Gasteiger partial charge < -0.3 is 14.7 Å². The Bertz CT molecular complexity index is 1570. The third-order valence-corrected chi connectivity index (χ3v) is 8.40. The van der Waals surface area contributed by atoms with Gasteiger partial charge in [0.05, 0.1) is 18.6 Å². The Morgan fingerprint density at radius 1 is 0.950 bits per heavy atom. The number of carbonyl (C=O) groups excluding carboxylic acids is 1. The van der Waals surface area contributed by atoms with Crippen molar-refractivity contribution in [1.29, 1.82) is 0 Å². The standard InChI is InChI=1S/C30H24ClN5O4/c31-21-13-11-20(12-14-21)26(35-17-30-16-15-22(40-30)23(29(38)39)24(30)28(35)37)27-32-33-34-36(27)25(18-7-3-1-4-8-18)19-9-5-2-6-10-19/h1-16,22-26H,17H2,(H,38,39)/t22-,23-,24+,26-,30+/m1/s1. The quantitative estimate of drug-likeness (QED) is 0.345. The van der Waals surface area contributed by atoms with Gasteiger partial charge in [0.25, 0.3) is 0 Å². The minimum atomic E-state index is -1.04. The molecule has 2 bridgehead atoms. The van der Waals surface area contributed by atoms with E-state index in [-0.39, 0.29) is 18.5 Å². The average Bonchev–Trinajstić information content (AvgIpc) is 3.74. The van der Waals surface area contributed by atoms with Gasteiger partial charge in [0.15, 0.2) is 5.82 Å². The molecule has 9 nitrogen and oxygen atoms in total. The van der Waals surface area contributed by atoms with E-state index < -0.39 is 35.6 Å². The number of halogens is 1. The van der Waals surface area contributed by atoms with E-state index >= 15 is 0 Å². The number of carboxylic acids is 1. The first-order valence-electron chi connectivity index (χ1n) is 13.0. The topological polar surface area (TPSA) is 110 Å². The van der Waals surface area contributed by atoms with Gasteiger partial charge in [-0.2, -0.15) is 0 Å². The van der Waals surface area contributed by atoms with Crippen LogP contribution in [0.3, 0.4) is 0 Å². The molecule has 4 heterocycles. The summed E-state index contributed by atoms with van der Waals surface area (Å²) in [7, 11) is 0. The lowest BCUT2D eigenvalue weighted by Gasteiger charge is -2.31. The fourth-order valence-electron chi connectivity index (χ4n) is 6.45. The summed E-state index contributed by atoms with van der Waals surface area (Å²) in [6, 6.07) is 25.9. The van der Waals surface area contributed by atoms with Crippen molar-refractivity contribution in [3.8, 4) is 0 Å². The van der Waals surface area contributed by atoms with Crippen molar-refractivity contribution in [3.63, 3.8) is 0 Å². The number of benzene rings is 3. The van der Waals surface area contributed by atoms with Crippen LogP contribution < -0.4 is 0 Å². The minimum Gasteiger partial charge on any atom is -0.481 e. The molecule has 1 aromatic heterocycles. The van der Waals surface area contributed by atoms with Crippen LogP contribution in [0.5, 0.6) is 0 Å². The molecule has 10 heteroatoms. The summed E-state index contributed by atoms with van der Waals surface area (Å²) in [5, 5.41) is 23.5.